The molecule has 1 amide bonds. The molecule has 0 unspecified atom stereocenters. The number of benzene rings is 1. The molecular formula is C15H12F3NO2S2. The highest BCUT2D eigenvalue weighted by Crippen LogP contribution is 2.32. The van der Waals surface area contributed by atoms with Crippen LogP contribution in [0.15, 0.2) is 41.3 Å². The predicted molar refractivity (Wildman–Crippen MR) is 85.5 cm³/mol. The molecular weight excluding hydrogens is 347 g/mol. The largest absolute Gasteiger partial charge is 0.398 e. The number of nitrogens with one attached hydrogen (secondary N) is 1. The number of thiophene rings is 1. The van der Waals surface area contributed by atoms with Crippen LogP contribution in [0.4, 0.5) is 18.9 Å². The van der Waals surface area contributed by atoms with E-state index in [0.717, 1.165) is 11.3 Å². The SMILES string of the molecule is CC(=O)c1ccc(C(=O)Nc2ccccc2SCC(F)(F)F)s1. The molecule has 3 nitrogen and oxygen atoms in total. The second-order valence-electron chi connectivity index (χ2n) is 4.57. The van der Waals surface area contributed by atoms with Gasteiger partial charge in [-0.25, -0.2) is 0 Å². The Labute approximate surface area is 138 Å². The molecule has 0 radical (unpaired) electrons. The number of hydrogen-bond donors (Lipinski definition) is 1. The zero-order chi connectivity index (χ0) is 17.0. The van der Waals surface area contributed by atoms with Crippen LogP contribution in [0, 0.1) is 0 Å². The van der Waals surface area contributed by atoms with Crippen LogP contribution in [0.3, 0.4) is 0 Å². The van der Waals surface area contributed by atoms with E-state index in [0.29, 0.717) is 32.1 Å². The van der Waals surface area contributed by atoms with Crippen molar-refractivity contribution in [1.29, 1.82) is 0 Å². The van der Waals surface area contributed by atoms with Gasteiger partial charge in [-0.05, 0) is 31.2 Å². The van der Waals surface area contributed by atoms with E-state index in [2.05, 4.69) is 5.32 Å². The minimum absolute atomic E-state index is 0.143. The first-order chi connectivity index (χ1) is 10.8. The fourth-order valence-electron chi connectivity index (χ4n) is 1.69. The fourth-order valence-corrected chi connectivity index (χ4v) is 3.25. The van der Waals surface area contributed by atoms with Crippen molar-refractivity contribution in [3.8, 4) is 0 Å². The van der Waals surface area contributed by atoms with Gasteiger partial charge in [0.1, 0.15) is 0 Å². The number of anilines is 1. The number of rotatable bonds is 5. The Kier molecular flexibility index (Phi) is 5.48. The lowest BCUT2D eigenvalue weighted by Gasteiger charge is -2.11. The van der Waals surface area contributed by atoms with E-state index in [1.807, 2.05) is 0 Å². The number of hydrogen-bond acceptors (Lipinski definition) is 4. The first-order valence-corrected chi connectivity index (χ1v) is 8.27. The number of carbonyl (C=O) groups is 2. The average molecular weight is 359 g/mol. The summed E-state index contributed by atoms with van der Waals surface area (Å²) >= 11 is 1.65. The Hall–Kier alpha value is -1.80. The van der Waals surface area contributed by atoms with E-state index in [1.165, 1.54) is 25.1 Å². The van der Waals surface area contributed by atoms with Crippen molar-refractivity contribution in [2.24, 2.45) is 0 Å². The van der Waals surface area contributed by atoms with Crippen molar-refractivity contribution in [1.82, 2.24) is 0 Å². The van der Waals surface area contributed by atoms with E-state index < -0.39 is 17.8 Å². The lowest BCUT2D eigenvalue weighted by atomic mass is 10.3. The summed E-state index contributed by atoms with van der Waals surface area (Å²) in [7, 11) is 0. The molecule has 0 aliphatic heterocycles. The van der Waals surface area contributed by atoms with Gasteiger partial charge in [-0.2, -0.15) is 13.2 Å². The molecule has 0 saturated carbocycles. The third-order valence-corrected chi connectivity index (χ3v) is 5.03. The zero-order valence-electron chi connectivity index (χ0n) is 11.9. The van der Waals surface area contributed by atoms with Crippen molar-refractivity contribution < 1.29 is 22.8 Å². The normalized spacial score (nSPS) is 11.3. The Morgan fingerprint density at radius 2 is 1.78 bits per heavy atom. The van der Waals surface area contributed by atoms with Gasteiger partial charge in [-0.3, -0.25) is 9.59 Å². The summed E-state index contributed by atoms with van der Waals surface area (Å²) in [5.41, 5.74) is 0.310. The van der Waals surface area contributed by atoms with Gasteiger partial charge in [-0.1, -0.05) is 12.1 Å². The van der Waals surface area contributed by atoms with Gasteiger partial charge < -0.3 is 5.32 Å². The Morgan fingerprint density at radius 3 is 2.39 bits per heavy atom. The number of para-hydroxylation sites is 1. The van der Waals surface area contributed by atoms with Crippen LogP contribution >= 0.6 is 23.1 Å². The Balaban J connectivity index is 2.12. The predicted octanol–water partition coefficient (Wildman–Crippen LogP) is 4.86. The molecule has 0 saturated heterocycles. The number of thioether (sulfide) groups is 1. The molecule has 0 atom stereocenters. The maximum absolute atomic E-state index is 12.3. The number of carbonyl (C=O) groups excluding carboxylic acids is 2. The van der Waals surface area contributed by atoms with Crippen LogP contribution in [0.2, 0.25) is 0 Å². The molecule has 0 bridgehead atoms. The highest BCUT2D eigenvalue weighted by Gasteiger charge is 2.27. The van der Waals surface area contributed by atoms with E-state index in [9.17, 15) is 22.8 Å². The summed E-state index contributed by atoms with van der Waals surface area (Å²) in [6.45, 7) is 1.40. The molecule has 23 heavy (non-hydrogen) atoms. The van der Waals surface area contributed by atoms with Gasteiger partial charge in [0.05, 0.1) is 21.2 Å². The van der Waals surface area contributed by atoms with Crippen molar-refractivity contribution in [2.45, 2.75) is 18.0 Å². The topological polar surface area (TPSA) is 46.2 Å². The molecule has 2 rings (SSSR count). The lowest BCUT2D eigenvalue weighted by Crippen LogP contribution is -2.13. The number of halogens is 3. The van der Waals surface area contributed by atoms with Gasteiger partial charge >= 0.3 is 6.18 Å². The smallest absolute Gasteiger partial charge is 0.320 e. The lowest BCUT2D eigenvalue weighted by molar-refractivity contribution is -0.105. The first-order valence-electron chi connectivity index (χ1n) is 6.47. The molecule has 0 aliphatic carbocycles. The van der Waals surface area contributed by atoms with Gasteiger partial charge in [0.25, 0.3) is 5.91 Å². The molecule has 1 heterocycles. The molecule has 0 spiro atoms. The Bertz CT molecular complexity index is 726. The minimum atomic E-state index is -4.29. The molecule has 2 aromatic rings. The fraction of sp³-hybridized carbons (Fsp3) is 0.200. The third-order valence-electron chi connectivity index (χ3n) is 2.70. The summed E-state index contributed by atoms with van der Waals surface area (Å²) in [6.07, 6.45) is -4.29. The molecule has 1 N–H and O–H groups in total. The summed E-state index contributed by atoms with van der Waals surface area (Å²) in [4.78, 5) is 24.5. The number of ketones is 1. The Morgan fingerprint density at radius 1 is 1.13 bits per heavy atom. The molecule has 8 heteroatoms. The van der Waals surface area contributed by atoms with E-state index in [-0.39, 0.29) is 5.78 Å². The number of alkyl halides is 3. The second kappa shape index (κ2) is 7.18. The summed E-state index contributed by atoms with van der Waals surface area (Å²) in [6, 6.07) is 9.35. The molecule has 0 fully saturated rings. The summed E-state index contributed by atoms with van der Waals surface area (Å²) in [5, 5.41) is 2.59. The standard InChI is InChI=1S/C15H12F3NO2S2/c1-9(20)11-6-7-13(23-11)14(21)19-10-4-2-3-5-12(10)22-8-15(16,17)18/h2-7H,8H2,1H3,(H,19,21). The van der Waals surface area contributed by atoms with Crippen molar-refractivity contribution in [2.75, 3.05) is 11.1 Å². The third kappa shape index (κ3) is 5.11. The van der Waals surface area contributed by atoms with Crippen molar-refractivity contribution in [3.05, 3.63) is 46.2 Å². The van der Waals surface area contributed by atoms with E-state index >= 15 is 0 Å². The van der Waals surface area contributed by atoms with Crippen LogP contribution in [0.5, 0.6) is 0 Å². The molecule has 0 aliphatic rings. The average Bonchev–Trinajstić information content (AvgIpc) is 2.95. The van der Waals surface area contributed by atoms with E-state index in [4.69, 9.17) is 0 Å². The van der Waals surface area contributed by atoms with Crippen LogP contribution in [-0.4, -0.2) is 23.6 Å². The summed E-state index contributed by atoms with van der Waals surface area (Å²) < 4.78 is 37.0. The number of Topliss-reactive ketones (excluding diaryl/α,β-unsaturated/α-hetero) is 1. The maximum atomic E-state index is 12.3. The highest BCUT2D eigenvalue weighted by molar-refractivity contribution is 7.99. The van der Waals surface area contributed by atoms with Gasteiger partial charge in [0, 0.05) is 4.90 Å². The summed E-state index contributed by atoms with van der Waals surface area (Å²) in [5.74, 6) is -1.63. The van der Waals surface area contributed by atoms with Gasteiger partial charge in [0.15, 0.2) is 5.78 Å². The first kappa shape index (κ1) is 17.6. The number of amides is 1. The van der Waals surface area contributed by atoms with Crippen LogP contribution in [0.25, 0.3) is 0 Å². The molecule has 1 aromatic carbocycles. The van der Waals surface area contributed by atoms with Gasteiger partial charge in [0.2, 0.25) is 0 Å². The minimum Gasteiger partial charge on any atom is -0.320 e. The van der Waals surface area contributed by atoms with Crippen LogP contribution in [-0.2, 0) is 0 Å². The maximum Gasteiger partial charge on any atom is 0.398 e. The monoisotopic (exact) mass is 359 g/mol. The van der Waals surface area contributed by atoms with Crippen molar-refractivity contribution in [3.63, 3.8) is 0 Å². The highest BCUT2D eigenvalue weighted by atomic mass is 32.2. The second-order valence-corrected chi connectivity index (χ2v) is 6.68. The van der Waals surface area contributed by atoms with E-state index in [1.54, 1.807) is 18.2 Å². The van der Waals surface area contributed by atoms with Crippen molar-refractivity contribution >= 4 is 40.5 Å². The zero-order valence-corrected chi connectivity index (χ0v) is 13.6. The van der Waals surface area contributed by atoms with Crippen LogP contribution < -0.4 is 5.32 Å². The molecule has 1 aromatic heterocycles. The van der Waals surface area contributed by atoms with Crippen LogP contribution in [0.1, 0.15) is 26.3 Å². The van der Waals surface area contributed by atoms with Gasteiger partial charge in [-0.15, -0.1) is 23.1 Å². The quantitative estimate of drug-likeness (QED) is 0.613. The molecule has 122 valence electrons.